The number of hydrogen-bond donors (Lipinski definition) is 0. The van der Waals surface area contributed by atoms with Crippen LogP contribution in [0.25, 0.3) is 0 Å². The topological polar surface area (TPSA) is 29.5 Å². The fourth-order valence-corrected chi connectivity index (χ4v) is 10.4. The third kappa shape index (κ3) is 5.47. The van der Waals surface area contributed by atoms with Crippen molar-refractivity contribution in [1.29, 1.82) is 0 Å². The molecule has 0 atom stereocenters. The Hall–Kier alpha value is -2.64. The van der Waals surface area contributed by atoms with Crippen LogP contribution in [-0.4, -0.2) is 35.8 Å². The fourth-order valence-electron chi connectivity index (χ4n) is 5.10. The zero-order chi connectivity index (χ0) is 23.3. The van der Waals surface area contributed by atoms with Crippen LogP contribution in [0.1, 0.15) is 33.6 Å². The Morgan fingerprint density at radius 2 is 1.18 bits per heavy atom. The minimum atomic E-state index is -2.23. The SMILES string of the molecule is CC(C)(C)OC(=O)N1CCC(C[PH](c2ccccc2)(c2ccccc2)c2ccccc2)CC1. The van der Waals surface area contributed by atoms with Gasteiger partial charge in [-0.3, -0.25) is 0 Å². The van der Waals surface area contributed by atoms with E-state index in [0.717, 1.165) is 32.1 Å². The maximum atomic E-state index is 12.6. The first kappa shape index (κ1) is 23.5. The number of carbonyl (C=O) groups is 1. The Bertz CT molecular complexity index is 927. The van der Waals surface area contributed by atoms with Gasteiger partial charge in [0.25, 0.3) is 0 Å². The van der Waals surface area contributed by atoms with Crippen LogP contribution < -0.4 is 15.9 Å². The summed E-state index contributed by atoms with van der Waals surface area (Å²) >= 11 is 0. The van der Waals surface area contributed by atoms with E-state index in [-0.39, 0.29) is 6.09 Å². The Morgan fingerprint density at radius 1 is 0.788 bits per heavy atom. The van der Waals surface area contributed by atoms with E-state index in [0.29, 0.717) is 5.92 Å². The van der Waals surface area contributed by atoms with Gasteiger partial charge in [0.15, 0.2) is 0 Å². The molecule has 3 aromatic rings. The molecule has 4 rings (SSSR count). The van der Waals surface area contributed by atoms with Gasteiger partial charge in [0.1, 0.15) is 0 Å². The van der Waals surface area contributed by atoms with Crippen molar-refractivity contribution in [3.63, 3.8) is 0 Å². The number of carbonyl (C=O) groups excluding carboxylic acids is 1. The molecule has 1 aliphatic heterocycles. The van der Waals surface area contributed by atoms with E-state index in [4.69, 9.17) is 4.74 Å². The molecule has 3 nitrogen and oxygen atoms in total. The zero-order valence-corrected chi connectivity index (χ0v) is 21.0. The summed E-state index contributed by atoms with van der Waals surface area (Å²) in [5, 5.41) is 4.37. The monoisotopic (exact) mass is 461 g/mol. The van der Waals surface area contributed by atoms with Crippen LogP contribution in [0.2, 0.25) is 0 Å². The molecule has 174 valence electrons. The van der Waals surface area contributed by atoms with Crippen molar-refractivity contribution in [2.45, 2.75) is 39.2 Å². The third-order valence-electron chi connectivity index (χ3n) is 6.66. The van der Waals surface area contributed by atoms with E-state index >= 15 is 0 Å². The van der Waals surface area contributed by atoms with Crippen molar-refractivity contribution in [3.05, 3.63) is 91.0 Å². The molecule has 1 saturated heterocycles. The fraction of sp³-hybridized carbons (Fsp3) is 0.345. The Kier molecular flexibility index (Phi) is 7.20. The van der Waals surface area contributed by atoms with Crippen molar-refractivity contribution >= 4 is 29.3 Å². The molecule has 1 heterocycles. The molecule has 0 spiro atoms. The normalized spacial score (nSPS) is 15.8. The van der Waals surface area contributed by atoms with Crippen molar-refractivity contribution in [3.8, 4) is 0 Å². The van der Waals surface area contributed by atoms with Crippen molar-refractivity contribution in [2.24, 2.45) is 5.92 Å². The molecule has 0 aliphatic carbocycles. The summed E-state index contributed by atoms with van der Waals surface area (Å²) in [5.74, 6) is 0.566. The summed E-state index contributed by atoms with van der Waals surface area (Å²) in [7, 11) is -2.23. The molecule has 0 aromatic heterocycles. The Morgan fingerprint density at radius 3 is 1.55 bits per heavy atom. The number of piperidine rings is 1. The number of nitrogens with zero attached hydrogens (tertiary/aromatic N) is 1. The summed E-state index contributed by atoms with van der Waals surface area (Å²) in [6, 6.07) is 33.3. The molecule has 1 amide bonds. The summed E-state index contributed by atoms with van der Waals surface area (Å²) in [4.78, 5) is 14.5. The number of benzene rings is 3. The van der Waals surface area contributed by atoms with Crippen LogP contribution in [0.4, 0.5) is 4.79 Å². The predicted octanol–water partition coefficient (Wildman–Crippen LogP) is 5.36. The van der Waals surface area contributed by atoms with Gasteiger partial charge in [-0.05, 0) is 0 Å². The molecule has 0 N–H and O–H groups in total. The van der Waals surface area contributed by atoms with Crippen LogP contribution in [0.5, 0.6) is 0 Å². The van der Waals surface area contributed by atoms with E-state index in [1.165, 1.54) is 15.9 Å². The van der Waals surface area contributed by atoms with Crippen LogP contribution in [0.15, 0.2) is 91.0 Å². The molecule has 0 bridgehead atoms. The van der Waals surface area contributed by atoms with Gasteiger partial charge in [-0.25, -0.2) is 0 Å². The van der Waals surface area contributed by atoms with Crippen LogP contribution in [0.3, 0.4) is 0 Å². The van der Waals surface area contributed by atoms with Crippen molar-refractivity contribution < 1.29 is 9.53 Å². The molecule has 1 fully saturated rings. The summed E-state index contributed by atoms with van der Waals surface area (Å²) in [5.41, 5.74) is -0.454. The van der Waals surface area contributed by atoms with Gasteiger partial charge >= 0.3 is 199 Å². The first-order chi connectivity index (χ1) is 15.9. The van der Waals surface area contributed by atoms with Crippen molar-refractivity contribution in [2.75, 3.05) is 19.3 Å². The van der Waals surface area contributed by atoms with E-state index in [9.17, 15) is 4.79 Å². The standard InChI is InChI=1S/C29H36NO2P/c1-29(2,3)32-28(31)30-21-19-24(20-22-30)23-33(25-13-7-4-8-14-25,26-15-9-5-10-16-26)27-17-11-6-12-18-27/h4-18,24,33H,19-23H2,1-3H3. The molecule has 0 unspecified atom stereocenters. The van der Waals surface area contributed by atoms with E-state index in [1.807, 2.05) is 25.7 Å². The second-order valence-electron chi connectivity index (χ2n) is 10.1. The Balaban J connectivity index is 1.65. The van der Waals surface area contributed by atoms with E-state index in [2.05, 4.69) is 91.0 Å². The number of likely N-dealkylation sites (tertiary alicyclic amines) is 1. The minimum absolute atomic E-state index is 0.182. The van der Waals surface area contributed by atoms with Crippen molar-refractivity contribution in [1.82, 2.24) is 4.90 Å². The first-order valence-electron chi connectivity index (χ1n) is 12.0. The molecule has 3 aromatic carbocycles. The van der Waals surface area contributed by atoms with Gasteiger partial charge in [-0.1, -0.05) is 0 Å². The van der Waals surface area contributed by atoms with Crippen LogP contribution in [-0.2, 0) is 4.74 Å². The third-order valence-corrected chi connectivity index (χ3v) is 11.8. The number of ether oxygens (including phenoxy) is 1. The molecular formula is C29H36NO2P. The van der Waals surface area contributed by atoms with E-state index in [1.54, 1.807) is 0 Å². The second kappa shape index (κ2) is 10.1. The van der Waals surface area contributed by atoms with Gasteiger partial charge in [-0.15, -0.1) is 0 Å². The predicted molar refractivity (Wildman–Crippen MR) is 142 cm³/mol. The zero-order valence-electron chi connectivity index (χ0n) is 20.0. The molecule has 1 aliphatic rings. The summed E-state index contributed by atoms with van der Waals surface area (Å²) in [6.45, 7) is 7.32. The molecule has 33 heavy (non-hydrogen) atoms. The van der Waals surface area contributed by atoms with Gasteiger partial charge in [0.2, 0.25) is 0 Å². The number of rotatable bonds is 5. The molecular weight excluding hydrogens is 425 g/mol. The quantitative estimate of drug-likeness (QED) is 0.479. The summed E-state index contributed by atoms with van der Waals surface area (Å²) < 4.78 is 5.62. The Labute approximate surface area is 199 Å². The number of amides is 1. The molecule has 4 heteroatoms. The summed E-state index contributed by atoms with van der Waals surface area (Å²) in [6.07, 6.45) is 2.99. The van der Waals surface area contributed by atoms with E-state index < -0.39 is 12.9 Å². The second-order valence-corrected chi connectivity index (χ2v) is 14.1. The van der Waals surface area contributed by atoms with Crippen LogP contribution >= 0.6 is 7.26 Å². The first-order valence-corrected chi connectivity index (χ1v) is 14.2. The van der Waals surface area contributed by atoms with Gasteiger partial charge in [-0.2, -0.15) is 0 Å². The average molecular weight is 462 g/mol. The van der Waals surface area contributed by atoms with Gasteiger partial charge in [0.05, 0.1) is 0 Å². The average Bonchev–Trinajstić information content (AvgIpc) is 2.83. The van der Waals surface area contributed by atoms with Gasteiger partial charge < -0.3 is 0 Å². The maximum absolute atomic E-state index is 12.6. The van der Waals surface area contributed by atoms with Gasteiger partial charge in [0, 0.05) is 0 Å². The molecule has 0 saturated carbocycles. The number of hydrogen-bond acceptors (Lipinski definition) is 2. The molecule has 0 radical (unpaired) electrons. The van der Waals surface area contributed by atoms with Crippen LogP contribution in [0, 0.1) is 5.92 Å².